The highest BCUT2D eigenvalue weighted by atomic mass is 35.5. The SMILES string of the molecule is CC(NC(=O)C1CCN(c2ccc(Cl)cc2)C1=O)C(=O)NC(C)(C)C. The summed E-state index contributed by atoms with van der Waals surface area (Å²) in [7, 11) is 0. The van der Waals surface area contributed by atoms with Crippen molar-refractivity contribution in [2.45, 2.75) is 45.7 Å². The molecule has 2 N–H and O–H groups in total. The molecule has 1 aromatic carbocycles. The Hall–Kier alpha value is -2.08. The topological polar surface area (TPSA) is 78.5 Å². The molecule has 1 aromatic rings. The number of anilines is 1. The van der Waals surface area contributed by atoms with E-state index in [0.29, 0.717) is 23.7 Å². The molecule has 1 saturated heterocycles. The Morgan fingerprint density at radius 1 is 1.24 bits per heavy atom. The van der Waals surface area contributed by atoms with Crippen LogP contribution in [0.15, 0.2) is 24.3 Å². The van der Waals surface area contributed by atoms with Gasteiger partial charge in [0.1, 0.15) is 12.0 Å². The van der Waals surface area contributed by atoms with Crippen molar-refractivity contribution in [3.05, 3.63) is 29.3 Å². The quantitative estimate of drug-likeness (QED) is 0.802. The van der Waals surface area contributed by atoms with Gasteiger partial charge in [0.25, 0.3) is 0 Å². The largest absolute Gasteiger partial charge is 0.350 e. The summed E-state index contributed by atoms with van der Waals surface area (Å²) in [6, 6.07) is 6.20. The molecule has 1 aliphatic heterocycles. The molecule has 25 heavy (non-hydrogen) atoms. The van der Waals surface area contributed by atoms with E-state index in [0.717, 1.165) is 0 Å². The lowest BCUT2D eigenvalue weighted by Gasteiger charge is -2.24. The van der Waals surface area contributed by atoms with Crippen LogP contribution in [0, 0.1) is 5.92 Å². The molecule has 0 aromatic heterocycles. The van der Waals surface area contributed by atoms with Gasteiger partial charge >= 0.3 is 0 Å². The van der Waals surface area contributed by atoms with Crippen LogP contribution in [0.1, 0.15) is 34.1 Å². The minimum absolute atomic E-state index is 0.261. The average molecular weight is 366 g/mol. The smallest absolute Gasteiger partial charge is 0.242 e. The summed E-state index contributed by atoms with van der Waals surface area (Å²) in [6.07, 6.45) is 0.418. The van der Waals surface area contributed by atoms with Crippen LogP contribution in [0.3, 0.4) is 0 Å². The number of amides is 3. The van der Waals surface area contributed by atoms with Crippen LogP contribution in [-0.2, 0) is 14.4 Å². The summed E-state index contributed by atoms with van der Waals surface area (Å²) in [6.45, 7) is 7.66. The maximum Gasteiger partial charge on any atom is 0.242 e. The lowest BCUT2D eigenvalue weighted by Crippen LogP contribution is -2.52. The molecule has 1 fully saturated rings. The standard InChI is InChI=1S/C18H24ClN3O3/c1-11(15(23)21-18(2,3)4)20-16(24)14-9-10-22(17(14)25)13-7-5-12(19)6-8-13/h5-8,11,14H,9-10H2,1-4H3,(H,20,24)(H,21,23). The Kier molecular flexibility index (Phi) is 5.72. The fourth-order valence-electron chi connectivity index (χ4n) is 2.66. The third-order valence-corrected chi connectivity index (χ3v) is 4.16. The second-order valence-corrected chi connectivity index (χ2v) is 7.71. The molecular weight excluding hydrogens is 342 g/mol. The number of hydrogen-bond donors (Lipinski definition) is 2. The van der Waals surface area contributed by atoms with E-state index in [4.69, 9.17) is 11.6 Å². The van der Waals surface area contributed by atoms with Gasteiger partial charge in [-0.05, 0) is 58.4 Å². The van der Waals surface area contributed by atoms with Crippen LogP contribution >= 0.6 is 11.6 Å². The van der Waals surface area contributed by atoms with E-state index in [1.807, 2.05) is 20.8 Å². The van der Waals surface area contributed by atoms with Crippen LogP contribution < -0.4 is 15.5 Å². The summed E-state index contributed by atoms with van der Waals surface area (Å²) in [5.41, 5.74) is 0.327. The number of carbonyl (C=O) groups excluding carboxylic acids is 3. The van der Waals surface area contributed by atoms with E-state index < -0.39 is 17.9 Å². The molecule has 136 valence electrons. The highest BCUT2D eigenvalue weighted by molar-refractivity contribution is 6.30. The summed E-state index contributed by atoms with van der Waals surface area (Å²) >= 11 is 5.86. The van der Waals surface area contributed by atoms with Gasteiger partial charge in [-0.2, -0.15) is 0 Å². The zero-order valence-corrected chi connectivity index (χ0v) is 15.7. The summed E-state index contributed by atoms with van der Waals surface area (Å²) < 4.78 is 0. The van der Waals surface area contributed by atoms with Gasteiger partial charge in [-0.15, -0.1) is 0 Å². The Labute approximate surface area is 152 Å². The zero-order valence-electron chi connectivity index (χ0n) is 14.9. The number of rotatable bonds is 4. The van der Waals surface area contributed by atoms with Crippen LogP contribution in [-0.4, -0.2) is 35.8 Å². The van der Waals surface area contributed by atoms with E-state index in [-0.39, 0.29) is 17.4 Å². The van der Waals surface area contributed by atoms with Crippen molar-refractivity contribution in [3.8, 4) is 0 Å². The van der Waals surface area contributed by atoms with Crippen molar-refractivity contribution in [3.63, 3.8) is 0 Å². The molecule has 0 radical (unpaired) electrons. The third kappa shape index (κ3) is 4.95. The highest BCUT2D eigenvalue weighted by Crippen LogP contribution is 2.26. The average Bonchev–Trinajstić information content (AvgIpc) is 2.88. The lowest BCUT2D eigenvalue weighted by atomic mass is 10.1. The lowest BCUT2D eigenvalue weighted by molar-refractivity contribution is -0.135. The number of benzene rings is 1. The minimum Gasteiger partial charge on any atom is -0.350 e. The number of halogens is 1. The molecule has 6 nitrogen and oxygen atoms in total. The first kappa shape index (κ1) is 19.2. The van der Waals surface area contributed by atoms with Crippen molar-refractivity contribution in [1.82, 2.24) is 10.6 Å². The van der Waals surface area contributed by atoms with E-state index in [9.17, 15) is 14.4 Å². The molecule has 1 heterocycles. The van der Waals surface area contributed by atoms with Gasteiger partial charge in [-0.25, -0.2) is 0 Å². The van der Waals surface area contributed by atoms with Crippen molar-refractivity contribution in [1.29, 1.82) is 0 Å². The van der Waals surface area contributed by atoms with Crippen LogP contribution in [0.5, 0.6) is 0 Å². The number of hydrogen-bond acceptors (Lipinski definition) is 3. The molecule has 3 amide bonds. The van der Waals surface area contributed by atoms with Gasteiger partial charge in [0.05, 0.1) is 0 Å². The van der Waals surface area contributed by atoms with Gasteiger partial charge in [-0.1, -0.05) is 11.6 Å². The second-order valence-electron chi connectivity index (χ2n) is 7.28. The van der Waals surface area contributed by atoms with E-state index in [1.54, 1.807) is 36.1 Å². The maximum absolute atomic E-state index is 12.5. The molecule has 0 saturated carbocycles. The Morgan fingerprint density at radius 2 is 1.84 bits per heavy atom. The van der Waals surface area contributed by atoms with Crippen LogP contribution in [0.2, 0.25) is 5.02 Å². The molecule has 2 rings (SSSR count). The predicted octanol–water partition coefficient (Wildman–Crippen LogP) is 2.11. The predicted molar refractivity (Wildman–Crippen MR) is 97.4 cm³/mol. The van der Waals surface area contributed by atoms with E-state index in [1.165, 1.54) is 0 Å². The van der Waals surface area contributed by atoms with Crippen molar-refractivity contribution >= 4 is 35.0 Å². The van der Waals surface area contributed by atoms with Gasteiger partial charge in [0.15, 0.2) is 0 Å². The first-order valence-electron chi connectivity index (χ1n) is 8.28. The van der Waals surface area contributed by atoms with Crippen LogP contribution in [0.4, 0.5) is 5.69 Å². The highest BCUT2D eigenvalue weighted by Gasteiger charge is 2.38. The maximum atomic E-state index is 12.5. The number of nitrogens with zero attached hydrogens (tertiary/aromatic N) is 1. The molecule has 2 unspecified atom stereocenters. The molecule has 2 atom stereocenters. The minimum atomic E-state index is -0.777. The van der Waals surface area contributed by atoms with Gasteiger partial charge in [0, 0.05) is 22.8 Å². The Bertz CT molecular complexity index is 667. The number of nitrogens with one attached hydrogen (secondary N) is 2. The Morgan fingerprint density at radius 3 is 2.40 bits per heavy atom. The Balaban J connectivity index is 1.98. The normalized spacial score (nSPS) is 18.8. The second kappa shape index (κ2) is 7.44. The summed E-state index contributed by atoms with van der Waals surface area (Å²) in [5, 5.41) is 6.03. The molecule has 7 heteroatoms. The third-order valence-electron chi connectivity index (χ3n) is 3.91. The van der Waals surface area contributed by atoms with Crippen molar-refractivity contribution in [2.24, 2.45) is 5.92 Å². The summed E-state index contributed by atoms with van der Waals surface area (Å²) in [4.78, 5) is 38.6. The fourth-order valence-corrected chi connectivity index (χ4v) is 2.78. The molecule has 0 spiro atoms. The molecule has 0 bridgehead atoms. The summed E-state index contributed by atoms with van der Waals surface area (Å²) in [5.74, 6) is -1.73. The van der Waals surface area contributed by atoms with Gasteiger partial charge in [0.2, 0.25) is 17.7 Å². The van der Waals surface area contributed by atoms with Crippen molar-refractivity contribution in [2.75, 3.05) is 11.4 Å². The zero-order chi connectivity index (χ0) is 18.8. The van der Waals surface area contributed by atoms with Crippen LogP contribution in [0.25, 0.3) is 0 Å². The molecule has 1 aliphatic rings. The van der Waals surface area contributed by atoms with E-state index >= 15 is 0 Å². The molecule has 0 aliphatic carbocycles. The monoisotopic (exact) mass is 365 g/mol. The van der Waals surface area contributed by atoms with Gasteiger partial charge < -0.3 is 15.5 Å². The number of carbonyl (C=O) groups is 3. The molecular formula is C18H24ClN3O3. The van der Waals surface area contributed by atoms with Gasteiger partial charge in [-0.3, -0.25) is 14.4 Å². The first-order valence-corrected chi connectivity index (χ1v) is 8.65. The van der Waals surface area contributed by atoms with E-state index in [2.05, 4.69) is 10.6 Å². The van der Waals surface area contributed by atoms with Crippen molar-refractivity contribution < 1.29 is 14.4 Å². The first-order chi connectivity index (χ1) is 11.6. The fraction of sp³-hybridized carbons (Fsp3) is 0.500.